The van der Waals surface area contributed by atoms with E-state index in [0.717, 1.165) is 51.2 Å². The van der Waals surface area contributed by atoms with Crippen LogP contribution in [-0.2, 0) is 9.59 Å². The second-order valence-electron chi connectivity index (χ2n) is 10.2. The van der Waals surface area contributed by atoms with Gasteiger partial charge in [-0.3, -0.25) is 9.59 Å². The zero-order chi connectivity index (χ0) is 19.4. The molecule has 2 amide bonds. The van der Waals surface area contributed by atoms with Crippen LogP contribution in [0, 0.1) is 23.2 Å². The molecular formula is C22H39N3O2. The van der Waals surface area contributed by atoms with E-state index in [1.54, 1.807) is 0 Å². The first kappa shape index (κ1) is 20.6. The van der Waals surface area contributed by atoms with Crippen molar-refractivity contribution in [1.29, 1.82) is 0 Å². The summed E-state index contributed by atoms with van der Waals surface area (Å²) in [6, 6.07) is -0.0111. The predicted molar refractivity (Wildman–Crippen MR) is 108 cm³/mol. The SMILES string of the molecule is CC1CC(CC(=O)N2CCCC(CNC(=O)C3CCCN3)C2)CC(C)(C)C1. The molecule has 2 saturated heterocycles. The molecule has 0 aromatic carbocycles. The van der Waals surface area contributed by atoms with E-state index in [4.69, 9.17) is 0 Å². The topological polar surface area (TPSA) is 61.4 Å². The van der Waals surface area contributed by atoms with Gasteiger partial charge in [0.2, 0.25) is 11.8 Å². The van der Waals surface area contributed by atoms with Crippen LogP contribution in [0.5, 0.6) is 0 Å². The van der Waals surface area contributed by atoms with Crippen molar-refractivity contribution >= 4 is 11.8 Å². The van der Waals surface area contributed by atoms with Gasteiger partial charge in [-0.05, 0) is 74.7 Å². The largest absolute Gasteiger partial charge is 0.354 e. The molecule has 4 atom stereocenters. The minimum atomic E-state index is -0.0111. The lowest BCUT2D eigenvalue weighted by Crippen LogP contribution is -2.47. The number of piperidine rings is 1. The first-order valence-corrected chi connectivity index (χ1v) is 11.1. The number of nitrogens with one attached hydrogen (secondary N) is 2. The zero-order valence-corrected chi connectivity index (χ0v) is 17.6. The second-order valence-corrected chi connectivity index (χ2v) is 10.2. The van der Waals surface area contributed by atoms with Crippen LogP contribution < -0.4 is 10.6 Å². The molecule has 154 valence electrons. The van der Waals surface area contributed by atoms with Gasteiger partial charge in [-0.15, -0.1) is 0 Å². The summed E-state index contributed by atoms with van der Waals surface area (Å²) < 4.78 is 0. The van der Waals surface area contributed by atoms with E-state index in [-0.39, 0.29) is 11.9 Å². The Labute approximate surface area is 165 Å². The monoisotopic (exact) mass is 377 g/mol. The lowest BCUT2D eigenvalue weighted by atomic mass is 9.67. The van der Waals surface area contributed by atoms with Crippen molar-refractivity contribution in [3.8, 4) is 0 Å². The minimum absolute atomic E-state index is 0.0111. The van der Waals surface area contributed by atoms with Crippen molar-refractivity contribution in [2.75, 3.05) is 26.2 Å². The molecule has 5 heteroatoms. The molecule has 2 heterocycles. The van der Waals surface area contributed by atoms with Crippen LogP contribution in [0.4, 0.5) is 0 Å². The number of amides is 2. The van der Waals surface area contributed by atoms with Crippen LogP contribution in [0.2, 0.25) is 0 Å². The van der Waals surface area contributed by atoms with E-state index in [9.17, 15) is 9.59 Å². The molecule has 0 radical (unpaired) electrons. The average molecular weight is 378 g/mol. The van der Waals surface area contributed by atoms with Gasteiger partial charge in [0.15, 0.2) is 0 Å². The van der Waals surface area contributed by atoms with Crippen LogP contribution in [0.1, 0.15) is 72.1 Å². The van der Waals surface area contributed by atoms with Crippen molar-refractivity contribution in [2.24, 2.45) is 23.2 Å². The summed E-state index contributed by atoms with van der Waals surface area (Å²) in [5, 5.41) is 6.36. The van der Waals surface area contributed by atoms with Gasteiger partial charge in [0.25, 0.3) is 0 Å². The highest BCUT2D eigenvalue weighted by molar-refractivity contribution is 5.82. The van der Waals surface area contributed by atoms with Gasteiger partial charge in [-0.25, -0.2) is 0 Å². The molecule has 4 unspecified atom stereocenters. The summed E-state index contributed by atoms with van der Waals surface area (Å²) in [4.78, 5) is 27.2. The third-order valence-corrected chi connectivity index (χ3v) is 6.75. The van der Waals surface area contributed by atoms with E-state index in [1.807, 2.05) is 0 Å². The predicted octanol–water partition coefficient (Wildman–Crippen LogP) is 2.95. The summed E-state index contributed by atoms with van der Waals surface area (Å²) in [5.74, 6) is 2.12. The molecule has 27 heavy (non-hydrogen) atoms. The second kappa shape index (κ2) is 8.93. The third kappa shape index (κ3) is 5.94. The van der Waals surface area contributed by atoms with Crippen LogP contribution in [-0.4, -0.2) is 48.9 Å². The smallest absolute Gasteiger partial charge is 0.237 e. The molecule has 0 aromatic rings. The van der Waals surface area contributed by atoms with E-state index in [0.29, 0.717) is 36.1 Å². The first-order valence-electron chi connectivity index (χ1n) is 11.1. The summed E-state index contributed by atoms with van der Waals surface area (Å²) in [5.41, 5.74) is 0.367. The maximum atomic E-state index is 12.9. The van der Waals surface area contributed by atoms with Crippen LogP contribution in [0.15, 0.2) is 0 Å². The molecule has 3 rings (SSSR count). The fourth-order valence-corrected chi connectivity index (χ4v) is 5.81. The number of carbonyl (C=O) groups is 2. The van der Waals surface area contributed by atoms with Gasteiger partial charge in [-0.2, -0.15) is 0 Å². The number of hydrogen-bond acceptors (Lipinski definition) is 3. The number of hydrogen-bond donors (Lipinski definition) is 2. The van der Waals surface area contributed by atoms with Crippen LogP contribution in [0.25, 0.3) is 0 Å². The van der Waals surface area contributed by atoms with Gasteiger partial charge >= 0.3 is 0 Å². The highest BCUT2D eigenvalue weighted by Crippen LogP contribution is 2.43. The summed E-state index contributed by atoms with van der Waals surface area (Å²) in [7, 11) is 0. The van der Waals surface area contributed by atoms with E-state index in [1.165, 1.54) is 19.3 Å². The number of likely N-dealkylation sites (tertiary alicyclic amines) is 1. The minimum Gasteiger partial charge on any atom is -0.354 e. The van der Waals surface area contributed by atoms with Crippen molar-refractivity contribution in [2.45, 2.75) is 78.2 Å². The molecule has 0 aromatic heterocycles. The molecule has 3 fully saturated rings. The molecule has 1 saturated carbocycles. The van der Waals surface area contributed by atoms with E-state index >= 15 is 0 Å². The Hall–Kier alpha value is -1.10. The Morgan fingerprint density at radius 3 is 2.67 bits per heavy atom. The maximum Gasteiger partial charge on any atom is 0.237 e. The van der Waals surface area contributed by atoms with Crippen LogP contribution in [0.3, 0.4) is 0 Å². The Kier molecular flexibility index (Phi) is 6.83. The molecule has 0 bridgehead atoms. The fourth-order valence-electron chi connectivity index (χ4n) is 5.81. The Balaban J connectivity index is 1.44. The highest BCUT2D eigenvalue weighted by atomic mass is 16.2. The zero-order valence-electron chi connectivity index (χ0n) is 17.6. The lowest BCUT2D eigenvalue weighted by Gasteiger charge is -2.40. The summed E-state index contributed by atoms with van der Waals surface area (Å²) in [6.45, 7) is 10.4. The molecular weight excluding hydrogens is 338 g/mol. The van der Waals surface area contributed by atoms with Crippen molar-refractivity contribution in [1.82, 2.24) is 15.5 Å². The van der Waals surface area contributed by atoms with Gasteiger partial charge < -0.3 is 15.5 Å². The normalized spacial score (nSPS) is 33.7. The number of nitrogens with zero attached hydrogens (tertiary/aromatic N) is 1. The fraction of sp³-hybridized carbons (Fsp3) is 0.909. The molecule has 2 N–H and O–H groups in total. The lowest BCUT2D eigenvalue weighted by molar-refractivity contribution is -0.134. The molecule has 0 spiro atoms. The maximum absolute atomic E-state index is 12.9. The highest BCUT2D eigenvalue weighted by Gasteiger charge is 2.34. The Morgan fingerprint density at radius 1 is 1.15 bits per heavy atom. The number of rotatable bonds is 5. The van der Waals surface area contributed by atoms with Crippen LogP contribution >= 0.6 is 0 Å². The van der Waals surface area contributed by atoms with Crippen molar-refractivity contribution < 1.29 is 9.59 Å². The average Bonchev–Trinajstić information content (AvgIpc) is 3.13. The van der Waals surface area contributed by atoms with Gasteiger partial charge in [0.05, 0.1) is 6.04 Å². The van der Waals surface area contributed by atoms with E-state index < -0.39 is 0 Å². The Bertz CT molecular complexity index is 528. The van der Waals surface area contributed by atoms with Gasteiger partial charge in [0.1, 0.15) is 0 Å². The molecule has 1 aliphatic carbocycles. The van der Waals surface area contributed by atoms with Crippen molar-refractivity contribution in [3.05, 3.63) is 0 Å². The van der Waals surface area contributed by atoms with E-state index in [2.05, 4.69) is 36.3 Å². The Morgan fingerprint density at radius 2 is 1.96 bits per heavy atom. The summed E-state index contributed by atoms with van der Waals surface area (Å²) in [6.07, 6.45) is 8.54. The quantitative estimate of drug-likeness (QED) is 0.774. The number of carbonyl (C=O) groups excluding carboxylic acids is 2. The third-order valence-electron chi connectivity index (χ3n) is 6.75. The molecule has 5 nitrogen and oxygen atoms in total. The van der Waals surface area contributed by atoms with Gasteiger partial charge in [0, 0.05) is 26.1 Å². The molecule has 3 aliphatic rings. The summed E-state index contributed by atoms with van der Waals surface area (Å²) >= 11 is 0. The van der Waals surface area contributed by atoms with Crippen molar-refractivity contribution in [3.63, 3.8) is 0 Å². The van der Waals surface area contributed by atoms with Gasteiger partial charge in [-0.1, -0.05) is 20.8 Å². The standard InChI is InChI=1S/C22H39N3O2/c1-16-10-18(13-22(2,3)12-16)11-20(26)25-9-5-6-17(15-25)14-24-21(27)19-7-4-8-23-19/h16-19,23H,4-15H2,1-3H3,(H,24,27). The molecule has 2 aliphatic heterocycles. The first-order chi connectivity index (χ1) is 12.8.